The van der Waals surface area contributed by atoms with Gasteiger partial charge in [0.05, 0.1) is 6.54 Å². The Bertz CT molecular complexity index is 1090. The average Bonchev–Trinajstić information content (AvgIpc) is 3.35. The Balaban J connectivity index is 1.46. The van der Waals surface area contributed by atoms with Crippen LogP contribution in [0.15, 0.2) is 52.9 Å². The molecule has 0 spiro atoms. The van der Waals surface area contributed by atoms with Gasteiger partial charge in [0.2, 0.25) is 5.89 Å². The van der Waals surface area contributed by atoms with Crippen LogP contribution in [-0.2, 0) is 6.54 Å². The molecule has 2 aromatic carbocycles. The first-order valence-electron chi connectivity index (χ1n) is 10.8. The van der Waals surface area contributed by atoms with Crippen molar-refractivity contribution in [1.29, 1.82) is 0 Å². The molecular formula is C23H24F3N5O2S. The fourth-order valence-corrected chi connectivity index (χ4v) is 4.53. The van der Waals surface area contributed by atoms with Crippen molar-refractivity contribution in [2.45, 2.75) is 13.0 Å². The number of nitrogens with zero attached hydrogens (tertiary/aromatic N) is 4. The van der Waals surface area contributed by atoms with Crippen molar-refractivity contribution in [3.8, 4) is 11.5 Å². The fourth-order valence-electron chi connectivity index (χ4n) is 3.55. The number of para-hydroxylation sites is 1. The van der Waals surface area contributed by atoms with Gasteiger partial charge in [-0.15, -0.1) is 10.2 Å². The molecule has 0 unspecified atom stereocenters. The van der Waals surface area contributed by atoms with Crippen molar-refractivity contribution in [2.75, 3.05) is 42.6 Å². The van der Waals surface area contributed by atoms with Crippen LogP contribution < -0.4 is 10.2 Å². The molecule has 7 nitrogen and oxygen atoms in total. The minimum absolute atomic E-state index is 0.0194. The van der Waals surface area contributed by atoms with Gasteiger partial charge >= 0.3 is 12.5 Å². The van der Waals surface area contributed by atoms with E-state index in [1.165, 1.54) is 17.0 Å². The zero-order valence-corrected chi connectivity index (χ0v) is 19.1. The second-order valence-electron chi connectivity index (χ2n) is 7.66. The highest BCUT2D eigenvalue weighted by atomic mass is 32.2. The number of thioether (sulfide) groups is 1. The summed E-state index contributed by atoms with van der Waals surface area (Å²) in [7, 11) is 0. The Morgan fingerprint density at radius 1 is 1.15 bits per heavy atom. The van der Waals surface area contributed by atoms with E-state index in [9.17, 15) is 18.0 Å². The molecule has 3 aromatic rings. The van der Waals surface area contributed by atoms with Gasteiger partial charge in [-0.25, -0.2) is 9.18 Å². The third kappa shape index (κ3) is 6.09. The molecule has 0 atom stereocenters. The summed E-state index contributed by atoms with van der Waals surface area (Å²) in [4.78, 5) is 16.8. The largest absolute Gasteiger partial charge is 0.415 e. The minimum Gasteiger partial charge on any atom is -0.415 e. The van der Waals surface area contributed by atoms with Crippen molar-refractivity contribution in [3.63, 3.8) is 0 Å². The van der Waals surface area contributed by atoms with Gasteiger partial charge in [-0.05, 0) is 24.3 Å². The first-order valence-corrected chi connectivity index (χ1v) is 12.0. The fraction of sp³-hybridized carbons (Fsp3) is 0.348. The van der Waals surface area contributed by atoms with Crippen LogP contribution in [0.25, 0.3) is 11.5 Å². The smallest absolute Gasteiger partial charge is 0.322 e. The van der Waals surface area contributed by atoms with E-state index in [0.29, 0.717) is 12.2 Å². The van der Waals surface area contributed by atoms with Crippen molar-refractivity contribution in [3.05, 3.63) is 65.8 Å². The number of halogens is 3. The molecule has 1 aromatic heterocycles. The minimum atomic E-state index is -2.91. The SMILES string of the molecule is O=C(NCCN1CCSCC1)N(Cc1ccc(-c2nnc(C(F)F)o2)cc1F)c1ccccc1. The normalized spacial score (nSPS) is 14.4. The van der Waals surface area contributed by atoms with E-state index in [1.807, 2.05) is 17.8 Å². The molecule has 1 N–H and O–H groups in total. The standard InChI is InChI=1S/C23H24F3N5O2S/c24-19-14-16(21-28-29-22(33-21)20(25)26)6-7-17(19)15-31(18-4-2-1-3-5-18)23(32)27-8-9-30-10-12-34-13-11-30/h1-7,14,20H,8-13,15H2,(H,27,32). The van der Waals surface area contributed by atoms with Gasteiger partial charge < -0.3 is 9.73 Å². The Hall–Kier alpha value is -3.05. The lowest BCUT2D eigenvalue weighted by Gasteiger charge is -2.27. The molecule has 0 saturated carbocycles. The molecule has 1 saturated heterocycles. The van der Waals surface area contributed by atoms with Crippen LogP contribution in [0.4, 0.5) is 23.7 Å². The molecule has 2 amide bonds. The van der Waals surface area contributed by atoms with Gasteiger partial charge in [0, 0.05) is 54.5 Å². The van der Waals surface area contributed by atoms with E-state index >= 15 is 0 Å². The lowest BCUT2D eigenvalue weighted by atomic mass is 10.1. The number of benzene rings is 2. The molecule has 0 radical (unpaired) electrons. The van der Waals surface area contributed by atoms with Crippen LogP contribution >= 0.6 is 11.8 Å². The number of urea groups is 1. The highest BCUT2D eigenvalue weighted by Gasteiger charge is 2.21. The predicted molar refractivity (Wildman–Crippen MR) is 124 cm³/mol. The Morgan fingerprint density at radius 2 is 1.91 bits per heavy atom. The summed E-state index contributed by atoms with van der Waals surface area (Å²) in [5.74, 6) is 0.539. The monoisotopic (exact) mass is 491 g/mol. The lowest BCUT2D eigenvalue weighted by Crippen LogP contribution is -2.44. The number of hydrogen-bond donors (Lipinski definition) is 1. The average molecular weight is 492 g/mol. The van der Waals surface area contributed by atoms with Gasteiger partial charge in [-0.3, -0.25) is 9.80 Å². The number of alkyl halides is 2. The zero-order chi connectivity index (χ0) is 23.9. The zero-order valence-electron chi connectivity index (χ0n) is 18.3. The third-order valence-corrected chi connectivity index (χ3v) is 6.32. The molecule has 0 bridgehead atoms. The summed E-state index contributed by atoms with van der Waals surface area (Å²) >= 11 is 1.93. The van der Waals surface area contributed by atoms with E-state index in [4.69, 9.17) is 4.42 Å². The van der Waals surface area contributed by atoms with Gasteiger partial charge in [0.25, 0.3) is 5.89 Å². The molecule has 11 heteroatoms. The molecule has 4 rings (SSSR count). The van der Waals surface area contributed by atoms with E-state index in [-0.39, 0.29) is 29.6 Å². The van der Waals surface area contributed by atoms with E-state index in [0.717, 1.165) is 37.2 Å². The molecule has 34 heavy (non-hydrogen) atoms. The second kappa shape index (κ2) is 11.4. The third-order valence-electron chi connectivity index (χ3n) is 5.38. The van der Waals surface area contributed by atoms with Gasteiger partial charge in [-0.1, -0.05) is 24.3 Å². The Kier molecular flexibility index (Phi) is 8.07. The first kappa shape index (κ1) is 24.1. The molecule has 1 aliphatic rings. The first-order chi connectivity index (χ1) is 16.5. The summed E-state index contributed by atoms with van der Waals surface area (Å²) in [6, 6.07) is 12.8. The summed E-state index contributed by atoms with van der Waals surface area (Å²) in [6.07, 6.45) is -2.91. The van der Waals surface area contributed by atoms with Gasteiger partial charge in [-0.2, -0.15) is 20.5 Å². The topological polar surface area (TPSA) is 74.5 Å². The lowest BCUT2D eigenvalue weighted by molar-refractivity contribution is 0.116. The highest BCUT2D eigenvalue weighted by molar-refractivity contribution is 7.99. The molecule has 1 aliphatic heterocycles. The summed E-state index contributed by atoms with van der Waals surface area (Å²) in [6.45, 7) is 3.22. The van der Waals surface area contributed by atoms with E-state index < -0.39 is 18.1 Å². The van der Waals surface area contributed by atoms with E-state index in [2.05, 4.69) is 20.4 Å². The van der Waals surface area contributed by atoms with Crippen LogP contribution in [0, 0.1) is 5.82 Å². The van der Waals surface area contributed by atoms with Crippen LogP contribution in [0.1, 0.15) is 17.9 Å². The summed E-state index contributed by atoms with van der Waals surface area (Å²) < 4.78 is 45.2. The maximum absolute atomic E-state index is 14.9. The van der Waals surface area contributed by atoms with Crippen LogP contribution in [-0.4, -0.2) is 58.8 Å². The van der Waals surface area contributed by atoms with Crippen molar-refractivity contribution in [1.82, 2.24) is 20.4 Å². The predicted octanol–water partition coefficient (Wildman–Crippen LogP) is 4.58. The number of anilines is 1. The van der Waals surface area contributed by atoms with Gasteiger partial charge in [0.15, 0.2) is 0 Å². The number of carbonyl (C=O) groups is 1. The number of rotatable bonds is 8. The van der Waals surface area contributed by atoms with Crippen LogP contribution in [0.3, 0.4) is 0 Å². The Labute approximate surface area is 199 Å². The van der Waals surface area contributed by atoms with Gasteiger partial charge in [0.1, 0.15) is 5.82 Å². The number of aromatic nitrogens is 2. The van der Waals surface area contributed by atoms with E-state index in [1.54, 1.807) is 24.3 Å². The number of hydrogen-bond acceptors (Lipinski definition) is 6. The molecule has 2 heterocycles. The Morgan fingerprint density at radius 3 is 2.59 bits per heavy atom. The van der Waals surface area contributed by atoms with Crippen molar-refractivity contribution in [2.24, 2.45) is 0 Å². The highest BCUT2D eigenvalue weighted by Crippen LogP contribution is 2.26. The molecule has 0 aliphatic carbocycles. The quantitative estimate of drug-likeness (QED) is 0.497. The number of nitrogens with one attached hydrogen (secondary N) is 1. The summed E-state index contributed by atoms with van der Waals surface area (Å²) in [5, 5.41) is 9.74. The molecule has 1 fully saturated rings. The van der Waals surface area contributed by atoms with Crippen LogP contribution in [0.5, 0.6) is 0 Å². The van der Waals surface area contributed by atoms with Crippen molar-refractivity contribution >= 4 is 23.5 Å². The molecular weight excluding hydrogens is 467 g/mol. The van der Waals surface area contributed by atoms with Crippen molar-refractivity contribution < 1.29 is 22.4 Å². The maximum Gasteiger partial charge on any atom is 0.322 e. The maximum atomic E-state index is 14.9. The molecule has 180 valence electrons. The van der Waals surface area contributed by atoms with Crippen LogP contribution in [0.2, 0.25) is 0 Å². The number of carbonyl (C=O) groups excluding carboxylic acids is 1. The number of amides is 2. The second-order valence-corrected chi connectivity index (χ2v) is 8.88. The summed E-state index contributed by atoms with van der Waals surface area (Å²) in [5.41, 5.74) is 1.05.